The average molecular weight is 531 g/mol. The monoisotopic (exact) mass is 530 g/mol. The lowest BCUT2D eigenvalue weighted by atomic mass is 9.48. The van der Waals surface area contributed by atoms with E-state index in [2.05, 4.69) is 40.9 Å². The van der Waals surface area contributed by atoms with E-state index in [-0.39, 0.29) is 24.6 Å². The summed E-state index contributed by atoms with van der Waals surface area (Å²) in [7, 11) is 0. The van der Waals surface area contributed by atoms with Gasteiger partial charge in [-0.05, 0) is 93.6 Å². The number of nitrogens with zero attached hydrogens (tertiary/aromatic N) is 3. The second kappa shape index (κ2) is 10.9. The summed E-state index contributed by atoms with van der Waals surface area (Å²) < 4.78 is 8.12. The van der Waals surface area contributed by atoms with Crippen molar-refractivity contribution in [3.8, 4) is 5.75 Å². The van der Waals surface area contributed by atoms with Crippen LogP contribution in [0.25, 0.3) is 0 Å². The van der Waals surface area contributed by atoms with Gasteiger partial charge >= 0.3 is 0 Å². The number of ether oxygens (including phenoxy) is 1. The highest BCUT2D eigenvalue weighted by Gasteiger charge is 2.53. The smallest absolute Gasteiger partial charge is 0.230 e. The molecule has 36 heavy (non-hydrogen) atoms. The number of thioether (sulfide) groups is 1. The van der Waals surface area contributed by atoms with Crippen molar-refractivity contribution in [2.24, 2.45) is 23.2 Å². The van der Waals surface area contributed by atoms with Crippen molar-refractivity contribution in [1.29, 1.82) is 0 Å². The number of hydrogen-bond acceptors (Lipinski definition) is 5. The number of aromatic nitrogens is 3. The summed E-state index contributed by atoms with van der Waals surface area (Å²) in [5.41, 5.74) is 0.313. The lowest BCUT2D eigenvalue weighted by Crippen LogP contribution is -2.56. The van der Waals surface area contributed by atoms with E-state index in [0.717, 1.165) is 41.6 Å². The first-order valence-electron chi connectivity index (χ1n) is 13.6. The Labute approximate surface area is 224 Å². The largest absolute Gasteiger partial charge is 0.484 e. The van der Waals surface area contributed by atoms with E-state index in [1.807, 2.05) is 24.3 Å². The van der Waals surface area contributed by atoms with Gasteiger partial charge in [0.25, 0.3) is 0 Å². The molecular weight excluding hydrogens is 492 g/mol. The van der Waals surface area contributed by atoms with Crippen LogP contribution >= 0.6 is 23.4 Å². The molecule has 1 aromatic heterocycles. The summed E-state index contributed by atoms with van der Waals surface area (Å²) in [6.07, 6.45) is 10.1. The molecule has 1 N–H and O–H groups in total. The van der Waals surface area contributed by atoms with Gasteiger partial charge in [0.15, 0.2) is 11.0 Å². The predicted molar refractivity (Wildman–Crippen MR) is 144 cm³/mol. The summed E-state index contributed by atoms with van der Waals surface area (Å²) in [5.74, 6) is 4.48. The van der Waals surface area contributed by atoms with Crippen molar-refractivity contribution in [2.45, 2.75) is 96.0 Å². The Hall–Kier alpha value is -1.73. The molecule has 0 unspecified atom stereocenters. The van der Waals surface area contributed by atoms with Crippen LogP contribution in [-0.2, 0) is 11.4 Å². The fraction of sp³-hybridized carbons (Fsp3) is 0.679. The van der Waals surface area contributed by atoms with Crippen LogP contribution in [-0.4, -0.2) is 32.5 Å². The van der Waals surface area contributed by atoms with Gasteiger partial charge in [-0.2, -0.15) is 0 Å². The molecule has 1 aromatic carbocycles. The standard InChI is InChI=1S/C28H39ClN4O2S/c1-4-22(5-2)33-25(16-35-24-9-7-6-8-23(24)29)31-32-27(33)36-17-26(34)30-18(3)28-13-19-10-20(14-28)12-21(11-19)15-28/h6-9,18-22H,4-5,10-17H2,1-3H3,(H,30,34)/t18-,19?,20?,21?,28?/m0/s1. The normalized spacial score (nSPS) is 27.4. The molecule has 196 valence electrons. The molecule has 4 saturated carbocycles. The Balaban J connectivity index is 1.22. The number of carbonyl (C=O) groups is 1. The van der Waals surface area contributed by atoms with Gasteiger partial charge in [-0.1, -0.05) is 49.3 Å². The minimum Gasteiger partial charge on any atom is -0.484 e. The second-order valence-electron chi connectivity index (χ2n) is 11.3. The molecule has 6 rings (SSSR count). The number of hydrogen-bond donors (Lipinski definition) is 1. The molecule has 4 aliphatic rings. The molecule has 0 spiro atoms. The van der Waals surface area contributed by atoms with E-state index in [1.54, 1.807) is 0 Å². The number of halogens is 1. The quantitative estimate of drug-likeness (QED) is 0.328. The Morgan fingerprint density at radius 3 is 2.39 bits per heavy atom. The molecule has 1 amide bonds. The minimum atomic E-state index is 0.0937. The summed E-state index contributed by atoms with van der Waals surface area (Å²) in [6, 6.07) is 7.93. The van der Waals surface area contributed by atoms with Gasteiger partial charge in [0.05, 0.1) is 10.8 Å². The lowest BCUT2D eigenvalue weighted by molar-refractivity contribution is -0.123. The molecule has 4 bridgehead atoms. The van der Waals surface area contributed by atoms with Crippen molar-refractivity contribution in [3.05, 3.63) is 35.1 Å². The second-order valence-corrected chi connectivity index (χ2v) is 12.7. The van der Waals surface area contributed by atoms with Crippen LogP contribution in [0.3, 0.4) is 0 Å². The highest BCUT2D eigenvalue weighted by Crippen LogP contribution is 2.61. The lowest BCUT2D eigenvalue weighted by Gasteiger charge is -2.59. The van der Waals surface area contributed by atoms with Crippen LogP contribution in [0.4, 0.5) is 0 Å². The Morgan fingerprint density at radius 1 is 1.14 bits per heavy atom. The number of nitrogens with one attached hydrogen (secondary N) is 1. The minimum absolute atomic E-state index is 0.0937. The topological polar surface area (TPSA) is 69.0 Å². The van der Waals surface area contributed by atoms with Crippen molar-refractivity contribution in [1.82, 2.24) is 20.1 Å². The van der Waals surface area contributed by atoms with Gasteiger partial charge < -0.3 is 14.6 Å². The SMILES string of the molecule is CCC(CC)n1c(COc2ccccc2Cl)nnc1SCC(=O)N[C@@H](C)C12CC3CC(CC(C3)C1)C2. The highest BCUT2D eigenvalue weighted by molar-refractivity contribution is 7.99. The van der Waals surface area contributed by atoms with E-state index in [4.69, 9.17) is 16.3 Å². The fourth-order valence-electron chi connectivity index (χ4n) is 7.50. The van der Waals surface area contributed by atoms with Crippen LogP contribution in [0.5, 0.6) is 5.75 Å². The first-order chi connectivity index (χ1) is 17.4. The maximum atomic E-state index is 13.1. The van der Waals surface area contributed by atoms with Crippen molar-refractivity contribution >= 4 is 29.3 Å². The van der Waals surface area contributed by atoms with Crippen molar-refractivity contribution < 1.29 is 9.53 Å². The Morgan fingerprint density at radius 2 is 1.78 bits per heavy atom. The van der Waals surface area contributed by atoms with Crippen molar-refractivity contribution in [3.63, 3.8) is 0 Å². The van der Waals surface area contributed by atoms with E-state index in [9.17, 15) is 4.79 Å². The zero-order valence-electron chi connectivity index (χ0n) is 21.7. The van der Waals surface area contributed by atoms with Gasteiger partial charge in [0, 0.05) is 12.1 Å². The average Bonchev–Trinajstić information content (AvgIpc) is 3.25. The maximum absolute atomic E-state index is 13.1. The number of benzene rings is 1. The number of amides is 1. The van der Waals surface area contributed by atoms with Crippen LogP contribution in [0.15, 0.2) is 29.4 Å². The molecule has 0 aliphatic heterocycles. The zero-order chi connectivity index (χ0) is 25.3. The third-order valence-electron chi connectivity index (χ3n) is 8.95. The Bertz CT molecular complexity index is 1030. The molecule has 6 nitrogen and oxygen atoms in total. The molecule has 0 radical (unpaired) electrons. The highest BCUT2D eigenvalue weighted by atomic mass is 35.5. The van der Waals surface area contributed by atoms with Gasteiger partial charge in [-0.3, -0.25) is 4.79 Å². The Kier molecular flexibility index (Phi) is 7.87. The van der Waals surface area contributed by atoms with Gasteiger partial charge in [0.2, 0.25) is 5.91 Å². The van der Waals surface area contributed by atoms with Gasteiger partial charge in [-0.25, -0.2) is 0 Å². The van der Waals surface area contributed by atoms with E-state index in [0.29, 0.717) is 21.9 Å². The third-order valence-corrected chi connectivity index (χ3v) is 10.2. The predicted octanol–water partition coefficient (Wildman–Crippen LogP) is 6.68. The molecule has 4 aliphatic carbocycles. The van der Waals surface area contributed by atoms with Crippen LogP contribution in [0, 0.1) is 23.2 Å². The van der Waals surface area contributed by atoms with E-state index >= 15 is 0 Å². The molecule has 2 aromatic rings. The first kappa shape index (κ1) is 25.9. The summed E-state index contributed by atoms with van der Waals surface area (Å²) in [6.45, 7) is 6.86. The first-order valence-corrected chi connectivity index (χ1v) is 15.0. The molecule has 8 heteroatoms. The van der Waals surface area contributed by atoms with E-state index in [1.165, 1.54) is 50.3 Å². The van der Waals surface area contributed by atoms with Crippen LogP contribution in [0.2, 0.25) is 5.02 Å². The van der Waals surface area contributed by atoms with Gasteiger partial charge in [0.1, 0.15) is 12.4 Å². The molecule has 4 fully saturated rings. The number of carbonyl (C=O) groups excluding carboxylic acids is 1. The van der Waals surface area contributed by atoms with Crippen LogP contribution in [0.1, 0.15) is 84.0 Å². The maximum Gasteiger partial charge on any atom is 0.230 e. The molecule has 1 atom stereocenters. The molecule has 1 heterocycles. The molecular formula is C28H39ClN4O2S. The number of rotatable bonds is 11. The summed E-state index contributed by atoms with van der Waals surface area (Å²) >= 11 is 7.74. The zero-order valence-corrected chi connectivity index (χ0v) is 23.3. The summed E-state index contributed by atoms with van der Waals surface area (Å²) in [4.78, 5) is 13.1. The van der Waals surface area contributed by atoms with Crippen molar-refractivity contribution in [2.75, 3.05) is 5.75 Å². The molecule has 0 saturated heterocycles. The summed E-state index contributed by atoms with van der Waals surface area (Å²) in [5, 5.41) is 13.6. The fourth-order valence-corrected chi connectivity index (χ4v) is 8.53. The van der Waals surface area contributed by atoms with E-state index < -0.39 is 0 Å². The third kappa shape index (κ3) is 5.28. The number of para-hydroxylation sites is 1. The van der Waals surface area contributed by atoms with Gasteiger partial charge in [-0.15, -0.1) is 10.2 Å². The van der Waals surface area contributed by atoms with Crippen LogP contribution < -0.4 is 10.1 Å².